The minimum atomic E-state index is -0.578. The fourth-order valence-electron chi connectivity index (χ4n) is 3.46. The molecule has 4 rings (SSSR count). The van der Waals surface area contributed by atoms with Crippen molar-refractivity contribution in [1.29, 1.82) is 10.5 Å². The predicted molar refractivity (Wildman–Crippen MR) is 128 cm³/mol. The highest BCUT2D eigenvalue weighted by atomic mass is 16.5. The number of anilines is 1. The molecular weight excluding hydrogens is 460 g/mol. The highest BCUT2D eigenvalue weighted by Gasteiger charge is 2.24. The fraction of sp³-hybridized carbons (Fsp3) is 0.0769. The number of hydrogen-bond acceptors (Lipinski definition) is 8. The number of nitrogens with one attached hydrogen (secondary N) is 1. The van der Waals surface area contributed by atoms with Crippen LogP contribution in [0.5, 0.6) is 17.4 Å². The Morgan fingerprint density at radius 3 is 2.42 bits per heavy atom. The second-order valence-corrected chi connectivity index (χ2v) is 7.53. The largest absolute Gasteiger partial charge is 0.619 e. The van der Waals surface area contributed by atoms with E-state index in [-0.39, 0.29) is 28.6 Å². The third-order valence-corrected chi connectivity index (χ3v) is 5.23. The monoisotopic (exact) mass is 478 g/mol. The van der Waals surface area contributed by atoms with Gasteiger partial charge >= 0.3 is 0 Å². The summed E-state index contributed by atoms with van der Waals surface area (Å²) in [5, 5.41) is 41.0. The van der Waals surface area contributed by atoms with Gasteiger partial charge < -0.3 is 20.0 Å². The number of benzene rings is 2. The standard InChI is InChI=1S/C26H18N6O4/c1-16-23(25(33)29-20-4-3-11-32(34)15-20)26(36-21-10-7-18(14-28)12-22(21)35-2)31-30-24(16)19-8-5-17(13-27)6-9-19/h3-12,15H,1-2H3,(H,29,33). The third kappa shape index (κ3) is 4.88. The van der Waals surface area contributed by atoms with Gasteiger partial charge in [0.05, 0.1) is 36.1 Å². The molecule has 0 aliphatic rings. The van der Waals surface area contributed by atoms with Gasteiger partial charge in [-0.05, 0) is 42.8 Å². The second kappa shape index (κ2) is 10.2. The summed E-state index contributed by atoms with van der Waals surface area (Å²) in [7, 11) is 1.43. The lowest BCUT2D eigenvalue weighted by Crippen LogP contribution is -2.26. The first-order chi connectivity index (χ1) is 17.4. The molecule has 0 saturated carbocycles. The normalized spacial score (nSPS) is 10.1. The fourth-order valence-corrected chi connectivity index (χ4v) is 3.46. The van der Waals surface area contributed by atoms with Crippen molar-refractivity contribution in [3.05, 3.63) is 94.5 Å². The van der Waals surface area contributed by atoms with Crippen molar-refractivity contribution in [2.45, 2.75) is 6.92 Å². The van der Waals surface area contributed by atoms with E-state index in [1.807, 2.05) is 6.07 Å². The summed E-state index contributed by atoms with van der Waals surface area (Å²) in [6.07, 6.45) is 2.51. The van der Waals surface area contributed by atoms with E-state index in [2.05, 4.69) is 21.6 Å². The zero-order valence-corrected chi connectivity index (χ0v) is 19.2. The Balaban J connectivity index is 1.81. The molecule has 1 N–H and O–H groups in total. The lowest BCUT2D eigenvalue weighted by molar-refractivity contribution is -0.604. The number of nitrogens with zero attached hydrogens (tertiary/aromatic N) is 5. The van der Waals surface area contributed by atoms with Crippen LogP contribution in [-0.2, 0) is 0 Å². The minimum Gasteiger partial charge on any atom is -0.619 e. The van der Waals surface area contributed by atoms with Gasteiger partial charge in [0, 0.05) is 17.7 Å². The Kier molecular flexibility index (Phi) is 6.71. The molecule has 0 aliphatic carbocycles. The van der Waals surface area contributed by atoms with Gasteiger partial charge in [-0.1, -0.05) is 12.1 Å². The summed E-state index contributed by atoms with van der Waals surface area (Å²) in [6, 6.07) is 18.4. The van der Waals surface area contributed by atoms with Crippen LogP contribution in [0.25, 0.3) is 11.3 Å². The number of pyridine rings is 1. The van der Waals surface area contributed by atoms with Crippen LogP contribution >= 0.6 is 0 Å². The van der Waals surface area contributed by atoms with E-state index in [4.69, 9.17) is 20.0 Å². The number of rotatable bonds is 6. The molecule has 176 valence electrons. The van der Waals surface area contributed by atoms with E-state index in [1.54, 1.807) is 43.3 Å². The Labute approximate surface area is 206 Å². The molecule has 36 heavy (non-hydrogen) atoms. The van der Waals surface area contributed by atoms with Gasteiger partial charge in [0.1, 0.15) is 11.3 Å². The highest BCUT2D eigenvalue weighted by Crippen LogP contribution is 2.35. The molecule has 4 aromatic rings. The van der Waals surface area contributed by atoms with Crippen LogP contribution in [0, 0.1) is 34.8 Å². The molecule has 2 aromatic heterocycles. The SMILES string of the molecule is COc1cc(C#N)ccc1Oc1nnc(-c2ccc(C#N)cc2)c(C)c1C(=O)Nc1ccc[n+]([O-])c1. The van der Waals surface area contributed by atoms with Crippen LogP contribution in [-0.4, -0.2) is 23.2 Å². The first-order valence-corrected chi connectivity index (χ1v) is 10.6. The second-order valence-electron chi connectivity index (χ2n) is 7.53. The van der Waals surface area contributed by atoms with Crippen LogP contribution in [0.15, 0.2) is 67.0 Å². The highest BCUT2D eigenvalue weighted by molar-refractivity contribution is 6.07. The molecule has 2 heterocycles. The van der Waals surface area contributed by atoms with Gasteiger partial charge in [-0.3, -0.25) is 4.79 Å². The first-order valence-electron chi connectivity index (χ1n) is 10.6. The quantitative estimate of drug-likeness (QED) is 0.324. The minimum absolute atomic E-state index is 0.0806. The van der Waals surface area contributed by atoms with Crippen molar-refractivity contribution >= 4 is 11.6 Å². The Bertz CT molecular complexity index is 1540. The van der Waals surface area contributed by atoms with Crippen LogP contribution in [0.2, 0.25) is 0 Å². The van der Waals surface area contributed by atoms with Crippen molar-refractivity contribution < 1.29 is 19.0 Å². The molecule has 0 atom stereocenters. The molecule has 10 heteroatoms. The van der Waals surface area contributed by atoms with Crippen molar-refractivity contribution in [1.82, 2.24) is 10.2 Å². The summed E-state index contributed by atoms with van der Waals surface area (Å²) in [5.41, 5.74) is 2.72. The van der Waals surface area contributed by atoms with Gasteiger partial charge in [0.25, 0.3) is 11.8 Å². The summed E-state index contributed by atoms with van der Waals surface area (Å²) < 4.78 is 11.8. The maximum absolute atomic E-state index is 13.4. The Hall–Kier alpha value is -5.48. The zero-order chi connectivity index (χ0) is 25.7. The van der Waals surface area contributed by atoms with Gasteiger partial charge in [0.2, 0.25) is 6.20 Å². The molecule has 0 unspecified atom stereocenters. The molecule has 0 saturated heterocycles. The van der Waals surface area contributed by atoms with Crippen molar-refractivity contribution in [3.63, 3.8) is 0 Å². The molecular formula is C26H18N6O4. The van der Waals surface area contributed by atoms with E-state index in [1.165, 1.54) is 37.7 Å². The molecule has 0 bridgehead atoms. The summed E-state index contributed by atoms with van der Waals surface area (Å²) in [5.74, 6) is -0.184. The summed E-state index contributed by atoms with van der Waals surface area (Å²) >= 11 is 0. The number of carbonyl (C=O) groups is 1. The van der Waals surface area contributed by atoms with E-state index in [9.17, 15) is 10.0 Å². The van der Waals surface area contributed by atoms with Crippen molar-refractivity contribution in [2.75, 3.05) is 12.4 Å². The Morgan fingerprint density at radius 1 is 1.03 bits per heavy atom. The maximum atomic E-state index is 13.4. The predicted octanol–water partition coefficient (Wildman–Crippen LogP) is 3.88. The lowest BCUT2D eigenvalue weighted by atomic mass is 10.0. The van der Waals surface area contributed by atoms with E-state index >= 15 is 0 Å². The smallest absolute Gasteiger partial charge is 0.261 e. The van der Waals surface area contributed by atoms with Gasteiger partial charge in [0.15, 0.2) is 17.7 Å². The van der Waals surface area contributed by atoms with Crippen LogP contribution in [0.3, 0.4) is 0 Å². The number of aromatic nitrogens is 3. The van der Waals surface area contributed by atoms with Crippen molar-refractivity contribution in [3.8, 4) is 40.8 Å². The van der Waals surface area contributed by atoms with Gasteiger partial charge in [-0.25, -0.2) is 0 Å². The summed E-state index contributed by atoms with van der Waals surface area (Å²) in [6.45, 7) is 1.69. The van der Waals surface area contributed by atoms with Crippen molar-refractivity contribution in [2.24, 2.45) is 0 Å². The summed E-state index contributed by atoms with van der Waals surface area (Å²) in [4.78, 5) is 13.4. The molecule has 0 radical (unpaired) electrons. The van der Waals surface area contributed by atoms with E-state index in [0.29, 0.717) is 32.7 Å². The molecule has 0 fully saturated rings. The number of ether oxygens (including phenoxy) is 2. The average molecular weight is 478 g/mol. The molecule has 0 spiro atoms. The molecule has 1 amide bonds. The lowest BCUT2D eigenvalue weighted by Gasteiger charge is -2.16. The molecule has 0 aliphatic heterocycles. The van der Waals surface area contributed by atoms with E-state index < -0.39 is 5.91 Å². The number of nitriles is 2. The van der Waals surface area contributed by atoms with Gasteiger partial charge in [-0.2, -0.15) is 15.3 Å². The first kappa shape index (κ1) is 23.7. The zero-order valence-electron chi connectivity index (χ0n) is 19.2. The topological polar surface area (TPSA) is 148 Å². The number of hydrogen-bond donors (Lipinski definition) is 1. The number of amides is 1. The van der Waals surface area contributed by atoms with Crippen LogP contribution in [0.4, 0.5) is 5.69 Å². The van der Waals surface area contributed by atoms with Crippen LogP contribution < -0.4 is 19.5 Å². The van der Waals surface area contributed by atoms with E-state index in [0.717, 1.165) is 0 Å². The Morgan fingerprint density at radius 2 is 1.75 bits per heavy atom. The molecule has 2 aromatic carbocycles. The van der Waals surface area contributed by atoms with Crippen LogP contribution in [0.1, 0.15) is 27.0 Å². The molecule has 10 nitrogen and oxygen atoms in total. The number of carbonyl (C=O) groups excluding carboxylic acids is 1. The van der Waals surface area contributed by atoms with Gasteiger partial charge in [-0.15, -0.1) is 10.2 Å². The maximum Gasteiger partial charge on any atom is 0.261 e. The third-order valence-electron chi connectivity index (χ3n) is 5.23. The number of methoxy groups -OCH3 is 1. The average Bonchev–Trinajstić information content (AvgIpc) is 2.89.